The van der Waals surface area contributed by atoms with E-state index in [1.807, 2.05) is 6.07 Å². The maximum atomic E-state index is 5.80. The molecule has 0 atom stereocenters. The Labute approximate surface area is 97.8 Å². The zero-order chi connectivity index (χ0) is 11.5. The van der Waals surface area contributed by atoms with Crippen molar-refractivity contribution in [2.24, 2.45) is 0 Å². The second kappa shape index (κ2) is 4.40. The first-order valence-corrected chi connectivity index (χ1v) is 5.04. The van der Waals surface area contributed by atoms with Gasteiger partial charge in [0.05, 0.1) is 19.9 Å². The Balaban J connectivity index is 2.17. The Morgan fingerprint density at radius 1 is 1.44 bits per heavy atom. The molecule has 2 aromatic rings. The van der Waals surface area contributed by atoms with Crippen molar-refractivity contribution in [2.75, 3.05) is 12.8 Å². The zero-order valence-electron chi connectivity index (χ0n) is 8.72. The molecule has 0 amide bonds. The molecule has 0 aromatic carbocycles. The van der Waals surface area contributed by atoms with Crippen LogP contribution in [0.2, 0.25) is 5.02 Å². The predicted octanol–water partition coefficient (Wildman–Crippen LogP) is 1.57. The number of pyridine rings is 1. The van der Waals surface area contributed by atoms with E-state index in [9.17, 15) is 0 Å². The van der Waals surface area contributed by atoms with E-state index < -0.39 is 0 Å². The first kappa shape index (κ1) is 10.8. The SMILES string of the molecule is COc1ccc(Cn2ncc(Cl)c2N)cn1. The van der Waals surface area contributed by atoms with Gasteiger partial charge in [-0.3, -0.25) is 0 Å². The second-order valence-corrected chi connectivity index (χ2v) is 3.65. The van der Waals surface area contributed by atoms with Crippen molar-refractivity contribution >= 4 is 17.4 Å². The standard InChI is InChI=1S/C10H11ClN4O/c1-16-9-3-2-7(4-13-9)6-15-10(12)8(11)5-14-15/h2-5H,6,12H2,1H3. The smallest absolute Gasteiger partial charge is 0.212 e. The number of hydrogen-bond acceptors (Lipinski definition) is 4. The zero-order valence-corrected chi connectivity index (χ0v) is 9.48. The third-order valence-electron chi connectivity index (χ3n) is 2.17. The molecule has 2 heterocycles. The summed E-state index contributed by atoms with van der Waals surface area (Å²) in [7, 11) is 1.58. The number of halogens is 1. The van der Waals surface area contributed by atoms with Crippen LogP contribution in [0.15, 0.2) is 24.5 Å². The van der Waals surface area contributed by atoms with Crippen molar-refractivity contribution in [1.29, 1.82) is 0 Å². The van der Waals surface area contributed by atoms with Gasteiger partial charge >= 0.3 is 0 Å². The van der Waals surface area contributed by atoms with Gasteiger partial charge in [-0.1, -0.05) is 17.7 Å². The minimum absolute atomic E-state index is 0.456. The molecule has 0 bridgehead atoms. The molecule has 2 rings (SSSR count). The molecular formula is C10H11ClN4O. The molecule has 0 fully saturated rings. The normalized spacial score (nSPS) is 10.4. The summed E-state index contributed by atoms with van der Waals surface area (Å²) in [4.78, 5) is 4.09. The van der Waals surface area contributed by atoms with Gasteiger partial charge in [-0.05, 0) is 5.56 Å². The number of rotatable bonds is 3. The van der Waals surface area contributed by atoms with E-state index in [-0.39, 0.29) is 0 Å². The quantitative estimate of drug-likeness (QED) is 0.882. The van der Waals surface area contributed by atoms with E-state index >= 15 is 0 Å². The molecule has 5 nitrogen and oxygen atoms in total. The van der Waals surface area contributed by atoms with Gasteiger partial charge in [-0.2, -0.15) is 5.10 Å². The Bertz CT molecular complexity index is 480. The van der Waals surface area contributed by atoms with E-state index in [0.29, 0.717) is 23.3 Å². The van der Waals surface area contributed by atoms with Gasteiger partial charge < -0.3 is 10.5 Å². The largest absolute Gasteiger partial charge is 0.481 e. The highest BCUT2D eigenvalue weighted by Gasteiger charge is 2.05. The summed E-state index contributed by atoms with van der Waals surface area (Å²) < 4.78 is 6.58. The van der Waals surface area contributed by atoms with Crippen molar-refractivity contribution in [3.8, 4) is 5.88 Å². The molecule has 2 aromatic heterocycles. The Hall–Kier alpha value is -1.75. The topological polar surface area (TPSA) is 66.0 Å². The van der Waals surface area contributed by atoms with Gasteiger partial charge in [0, 0.05) is 12.3 Å². The summed E-state index contributed by atoms with van der Waals surface area (Å²) in [5.74, 6) is 1.03. The monoisotopic (exact) mass is 238 g/mol. The summed E-state index contributed by atoms with van der Waals surface area (Å²) >= 11 is 5.80. The molecular weight excluding hydrogens is 228 g/mol. The molecule has 6 heteroatoms. The molecule has 0 saturated carbocycles. The fourth-order valence-corrected chi connectivity index (χ4v) is 1.44. The third kappa shape index (κ3) is 2.09. The van der Waals surface area contributed by atoms with Crippen LogP contribution in [0.1, 0.15) is 5.56 Å². The van der Waals surface area contributed by atoms with Crippen molar-refractivity contribution < 1.29 is 4.74 Å². The van der Waals surface area contributed by atoms with Crippen LogP contribution in [0.4, 0.5) is 5.82 Å². The Morgan fingerprint density at radius 2 is 2.25 bits per heavy atom. The lowest BCUT2D eigenvalue weighted by Gasteiger charge is -2.04. The number of anilines is 1. The van der Waals surface area contributed by atoms with E-state index in [1.165, 1.54) is 6.20 Å². The van der Waals surface area contributed by atoms with Gasteiger partial charge in [0.1, 0.15) is 10.8 Å². The fraction of sp³-hybridized carbons (Fsp3) is 0.200. The van der Waals surface area contributed by atoms with Crippen LogP contribution in [0.3, 0.4) is 0 Å². The van der Waals surface area contributed by atoms with Crippen molar-refractivity contribution in [1.82, 2.24) is 14.8 Å². The minimum atomic E-state index is 0.456. The van der Waals surface area contributed by atoms with Crippen molar-refractivity contribution in [2.45, 2.75) is 6.54 Å². The maximum Gasteiger partial charge on any atom is 0.212 e. The van der Waals surface area contributed by atoms with Crippen LogP contribution in [0.25, 0.3) is 0 Å². The Kier molecular flexibility index (Phi) is 2.96. The minimum Gasteiger partial charge on any atom is -0.481 e. The van der Waals surface area contributed by atoms with Gasteiger partial charge in [0.2, 0.25) is 5.88 Å². The lowest BCUT2D eigenvalue weighted by molar-refractivity contribution is 0.397. The molecule has 0 spiro atoms. The molecule has 0 aliphatic rings. The highest BCUT2D eigenvalue weighted by molar-refractivity contribution is 6.32. The van der Waals surface area contributed by atoms with E-state index in [0.717, 1.165) is 5.56 Å². The molecule has 0 radical (unpaired) electrons. The van der Waals surface area contributed by atoms with Crippen LogP contribution in [-0.4, -0.2) is 21.9 Å². The maximum absolute atomic E-state index is 5.80. The number of ether oxygens (including phenoxy) is 1. The van der Waals surface area contributed by atoms with E-state index in [2.05, 4.69) is 10.1 Å². The molecule has 84 valence electrons. The lowest BCUT2D eigenvalue weighted by atomic mass is 10.3. The highest BCUT2D eigenvalue weighted by atomic mass is 35.5. The van der Waals surface area contributed by atoms with Gasteiger partial charge in [-0.25, -0.2) is 9.67 Å². The summed E-state index contributed by atoms with van der Waals surface area (Å²) in [6.07, 6.45) is 3.24. The molecule has 0 aliphatic heterocycles. The molecule has 0 aliphatic carbocycles. The second-order valence-electron chi connectivity index (χ2n) is 3.24. The summed E-state index contributed by atoms with van der Waals surface area (Å²) in [5.41, 5.74) is 6.71. The molecule has 16 heavy (non-hydrogen) atoms. The number of hydrogen-bond donors (Lipinski definition) is 1. The first-order chi connectivity index (χ1) is 7.70. The average molecular weight is 239 g/mol. The summed E-state index contributed by atoms with van der Waals surface area (Å²) in [6.45, 7) is 0.537. The number of nitrogen functional groups attached to an aromatic ring is 1. The molecule has 2 N–H and O–H groups in total. The molecule has 0 unspecified atom stereocenters. The predicted molar refractivity (Wildman–Crippen MR) is 61.5 cm³/mol. The average Bonchev–Trinajstić information content (AvgIpc) is 2.62. The van der Waals surface area contributed by atoms with Crippen LogP contribution >= 0.6 is 11.6 Å². The number of aromatic nitrogens is 3. The third-order valence-corrected chi connectivity index (χ3v) is 2.46. The van der Waals surface area contributed by atoms with Crippen LogP contribution in [-0.2, 0) is 6.54 Å². The van der Waals surface area contributed by atoms with Crippen molar-refractivity contribution in [3.05, 3.63) is 35.1 Å². The van der Waals surface area contributed by atoms with E-state index in [1.54, 1.807) is 24.1 Å². The van der Waals surface area contributed by atoms with Crippen molar-refractivity contribution in [3.63, 3.8) is 0 Å². The number of nitrogens with two attached hydrogens (primary N) is 1. The highest BCUT2D eigenvalue weighted by Crippen LogP contribution is 2.18. The van der Waals surface area contributed by atoms with E-state index in [4.69, 9.17) is 22.1 Å². The van der Waals surface area contributed by atoms with Gasteiger partial charge in [0.25, 0.3) is 0 Å². The van der Waals surface area contributed by atoms with Crippen LogP contribution in [0, 0.1) is 0 Å². The van der Waals surface area contributed by atoms with Gasteiger partial charge in [-0.15, -0.1) is 0 Å². The number of nitrogens with zero attached hydrogens (tertiary/aromatic N) is 3. The van der Waals surface area contributed by atoms with Gasteiger partial charge in [0.15, 0.2) is 0 Å². The van der Waals surface area contributed by atoms with Crippen LogP contribution in [0.5, 0.6) is 5.88 Å². The summed E-state index contributed by atoms with van der Waals surface area (Å²) in [5, 5.41) is 4.51. The lowest BCUT2D eigenvalue weighted by Crippen LogP contribution is -2.06. The Morgan fingerprint density at radius 3 is 2.75 bits per heavy atom. The summed E-state index contributed by atoms with van der Waals surface area (Å²) in [6, 6.07) is 3.69. The first-order valence-electron chi connectivity index (χ1n) is 4.66. The van der Waals surface area contributed by atoms with Crippen LogP contribution < -0.4 is 10.5 Å². The number of methoxy groups -OCH3 is 1. The fourth-order valence-electron chi connectivity index (χ4n) is 1.30. The molecule has 0 saturated heterocycles.